The van der Waals surface area contributed by atoms with Crippen LogP contribution < -0.4 is 10.1 Å². The van der Waals surface area contributed by atoms with E-state index < -0.39 is 0 Å². The normalized spacial score (nSPS) is 23.3. The first kappa shape index (κ1) is 13.9. The molecule has 2 unspecified atom stereocenters. The molecule has 1 saturated heterocycles. The molecule has 0 spiro atoms. The molecule has 2 rings (SSSR count). The zero-order chi connectivity index (χ0) is 13.0. The largest absolute Gasteiger partial charge is 0.489 e. The van der Waals surface area contributed by atoms with E-state index in [9.17, 15) is 0 Å². The second-order valence-corrected chi connectivity index (χ2v) is 5.24. The average molecular weight is 290 g/mol. The highest BCUT2D eigenvalue weighted by molar-refractivity contribution is 6.35. The Hall–Kier alpha value is -0.480. The number of hydrogen-bond acceptors (Lipinski definition) is 3. The van der Waals surface area contributed by atoms with Crippen molar-refractivity contribution in [2.45, 2.75) is 25.0 Å². The molecule has 1 aliphatic rings. The van der Waals surface area contributed by atoms with E-state index in [1.807, 2.05) is 7.05 Å². The summed E-state index contributed by atoms with van der Waals surface area (Å²) in [6.45, 7) is 1.42. The van der Waals surface area contributed by atoms with E-state index in [0.717, 1.165) is 19.4 Å². The molecule has 0 amide bonds. The molecule has 0 aromatic heterocycles. The quantitative estimate of drug-likeness (QED) is 0.903. The summed E-state index contributed by atoms with van der Waals surface area (Å²) in [5, 5.41) is 4.26. The number of rotatable bonds is 5. The Morgan fingerprint density at radius 3 is 2.83 bits per heavy atom. The van der Waals surface area contributed by atoms with Crippen molar-refractivity contribution >= 4 is 23.2 Å². The lowest BCUT2D eigenvalue weighted by atomic mass is 10.2. The Kier molecular flexibility index (Phi) is 5.13. The lowest BCUT2D eigenvalue weighted by molar-refractivity contribution is 0.0194. The van der Waals surface area contributed by atoms with E-state index >= 15 is 0 Å². The fourth-order valence-corrected chi connectivity index (χ4v) is 2.52. The highest BCUT2D eigenvalue weighted by Crippen LogP contribution is 2.28. The maximum absolute atomic E-state index is 6.03. The fraction of sp³-hybridized carbons (Fsp3) is 0.538. The second kappa shape index (κ2) is 6.62. The molecular formula is C13H17Cl2NO2. The third-order valence-corrected chi connectivity index (χ3v) is 3.48. The van der Waals surface area contributed by atoms with Gasteiger partial charge in [0.1, 0.15) is 12.4 Å². The molecule has 1 heterocycles. The van der Waals surface area contributed by atoms with Crippen LogP contribution in [0.3, 0.4) is 0 Å². The predicted molar refractivity (Wildman–Crippen MR) is 73.8 cm³/mol. The molecule has 18 heavy (non-hydrogen) atoms. The topological polar surface area (TPSA) is 30.5 Å². The number of ether oxygens (including phenoxy) is 2. The third kappa shape index (κ3) is 3.75. The van der Waals surface area contributed by atoms with Crippen LogP contribution in [0.1, 0.15) is 12.8 Å². The van der Waals surface area contributed by atoms with Crippen LogP contribution in [0, 0.1) is 0 Å². The molecule has 2 atom stereocenters. The van der Waals surface area contributed by atoms with Gasteiger partial charge in [-0.1, -0.05) is 23.2 Å². The highest BCUT2D eigenvalue weighted by atomic mass is 35.5. The first-order chi connectivity index (χ1) is 8.69. The zero-order valence-corrected chi connectivity index (χ0v) is 11.8. The van der Waals surface area contributed by atoms with Crippen LogP contribution in [-0.2, 0) is 4.74 Å². The van der Waals surface area contributed by atoms with E-state index in [-0.39, 0.29) is 6.10 Å². The van der Waals surface area contributed by atoms with Crippen molar-refractivity contribution in [1.82, 2.24) is 5.32 Å². The van der Waals surface area contributed by atoms with Crippen molar-refractivity contribution in [3.8, 4) is 5.75 Å². The summed E-state index contributed by atoms with van der Waals surface area (Å²) in [7, 11) is 1.93. The minimum Gasteiger partial charge on any atom is -0.489 e. The zero-order valence-electron chi connectivity index (χ0n) is 10.3. The average Bonchev–Trinajstić information content (AvgIpc) is 2.76. The summed E-state index contributed by atoms with van der Waals surface area (Å²) in [4.78, 5) is 0. The summed E-state index contributed by atoms with van der Waals surface area (Å²) in [5.41, 5.74) is 0. The van der Waals surface area contributed by atoms with Gasteiger partial charge >= 0.3 is 0 Å². The summed E-state index contributed by atoms with van der Waals surface area (Å²) in [5.74, 6) is 0.654. The van der Waals surface area contributed by atoms with E-state index in [0.29, 0.717) is 28.5 Å². The smallest absolute Gasteiger partial charge is 0.138 e. The Balaban J connectivity index is 1.81. The minimum atomic E-state index is 0.148. The Morgan fingerprint density at radius 1 is 1.33 bits per heavy atom. The predicted octanol–water partition coefficient (Wildman–Crippen LogP) is 3.14. The second-order valence-electron chi connectivity index (χ2n) is 4.40. The van der Waals surface area contributed by atoms with E-state index in [1.165, 1.54) is 0 Å². The van der Waals surface area contributed by atoms with Crippen molar-refractivity contribution in [1.29, 1.82) is 0 Å². The van der Waals surface area contributed by atoms with Gasteiger partial charge in [0.2, 0.25) is 0 Å². The summed E-state index contributed by atoms with van der Waals surface area (Å²) >= 11 is 11.9. The van der Waals surface area contributed by atoms with Gasteiger partial charge in [0, 0.05) is 11.6 Å². The SMILES string of the molecule is CNCC1CCC(COc2ccc(Cl)cc2Cl)O1. The van der Waals surface area contributed by atoms with E-state index in [4.69, 9.17) is 32.7 Å². The molecule has 1 aromatic rings. The standard InChI is InChI=1S/C13H17Cl2NO2/c1-16-7-10-3-4-11(18-10)8-17-13-5-2-9(14)6-12(13)15/h2,5-6,10-11,16H,3-4,7-8H2,1H3. The molecule has 1 aromatic carbocycles. The Labute approximate surface area is 117 Å². The van der Waals surface area contributed by atoms with Gasteiger partial charge in [0.05, 0.1) is 17.2 Å². The van der Waals surface area contributed by atoms with Crippen LogP contribution in [0.25, 0.3) is 0 Å². The highest BCUT2D eigenvalue weighted by Gasteiger charge is 2.25. The minimum absolute atomic E-state index is 0.148. The molecule has 5 heteroatoms. The van der Waals surface area contributed by atoms with Crippen LogP contribution in [-0.4, -0.2) is 32.4 Å². The van der Waals surface area contributed by atoms with E-state index in [2.05, 4.69) is 5.32 Å². The number of likely N-dealkylation sites (N-methyl/N-ethyl adjacent to an activating group) is 1. The van der Waals surface area contributed by atoms with Gasteiger partial charge in [-0.15, -0.1) is 0 Å². The van der Waals surface area contributed by atoms with Gasteiger partial charge in [-0.25, -0.2) is 0 Å². The van der Waals surface area contributed by atoms with Crippen molar-refractivity contribution < 1.29 is 9.47 Å². The molecule has 1 fully saturated rings. The number of nitrogens with one attached hydrogen (secondary N) is 1. The number of halogens is 2. The third-order valence-electron chi connectivity index (χ3n) is 2.95. The van der Waals surface area contributed by atoms with Gasteiger partial charge in [0.15, 0.2) is 0 Å². The molecule has 1 N–H and O–H groups in total. The van der Waals surface area contributed by atoms with Gasteiger partial charge in [-0.3, -0.25) is 0 Å². The molecule has 3 nitrogen and oxygen atoms in total. The van der Waals surface area contributed by atoms with Gasteiger partial charge in [-0.05, 0) is 38.1 Å². The molecular weight excluding hydrogens is 273 g/mol. The number of hydrogen-bond donors (Lipinski definition) is 1. The fourth-order valence-electron chi connectivity index (χ4n) is 2.06. The number of benzene rings is 1. The molecule has 0 aliphatic carbocycles. The van der Waals surface area contributed by atoms with Crippen LogP contribution >= 0.6 is 23.2 Å². The van der Waals surface area contributed by atoms with Gasteiger partial charge in [-0.2, -0.15) is 0 Å². The van der Waals surface area contributed by atoms with Crippen LogP contribution in [0.15, 0.2) is 18.2 Å². The van der Waals surface area contributed by atoms with Crippen LogP contribution in [0.2, 0.25) is 10.0 Å². The van der Waals surface area contributed by atoms with Crippen LogP contribution in [0.5, 0.6) is 5.75 Å². The monoisotopic (exact) mass is 289 g/mol. The summed E-state index contributed by atoms with van der Waals surface area (Å²) < 4.78 is 11.5. The lowest BCUT2D eigenvalue weighted by Gasteiger charge is -2.15. The lowest BCUT2D eigenvalue weighted by Crippen LogP contribution is -2.25. The Morgan fingerprint density at radius 2 is 2.11 bits per heavy atom. The maximum atomic E-state index is 6.03. The van der Waals surface area contributed by atoms with Crippen molar-refractivity contribution in [2.24, 2.45) is 0 Å². The summed E-state index contributed by atoms with van der Waals surface area (Å²) in [6.07, 6.45) is 2.54. The summed E-state index contributed by atoms with van der Waals surface area (Å²) in [6, 6.07) is 5.23. The van der Waals surface area contributed by atoms with Crippen LogP contribution in [0.4, 0.5) is 0 Å². The Bertz CT molecular complexity index is 401. The first-order valence-electron chi connectivity index (χ1n) is 6.07. The molecule has 0 radical (unpaired) electrons. The van der Waals surface area contributed by atoms with Crippen molar-refractivity contribution in [3.63, 3.8) is 0 Å². The molecule has 100 valence electrons. The van der Waals surface area contributed by atoms with Gasteiger partial charge in [0.25, 0.3) is 0 Å². The maximum Gasteiger partial charge on any atom is 0.138 e. The molecule has 0 bridgehead atoms. The van der Waals surface area contributed by atoms with Crippen molar-refractivity contribution in [3.05, 3.63) is 28.2 Å². The molecule has 1 aliphatic heterocycles. The van der Waals surface area contributed by atoms with E-state index in [1.54, 1.807) is 18.2 Å². The molecule has 0 saturated carbocycles. The van der Waals surface area contributed by atoms with Crippen molar-refractivity contribution in [2.75, 3.05) is 20.2 Å². The first-order valence-corrected chi connectivity index (χ1v) is 6.82. The van der Waals surface area contributed by atoms with Gasteiger partial charge < -0.3 is 14.8 Å².